The van der Waals surface area contributed by atoms with Crippen LogP contribution in [0, 0.1) is 34.1 Å². The van der Waals surface area contributed by atoms with Gasteiger partial charge in [0.15, 0.2) is 0 Å². The first-order valence-electron chi connectivity index (χ1n) is 13.0. The van der Waals surface area contributed by atoms with Crippen molar-refractivity contribution in [3.63, 3.8) is 0 Å². The average molecular weight is 525 g/mol. The molecule has 39 heavy (non-hydrogen) atoms. The van der Waals surface area contributed by atoms with Crippen LogP contribution in [0.3, 0.4) is 0 Å². The summed E-state index contributed by atoms with van der Waals surface area (Å²) in [6, 6.07) is 22.9. The lowest BCUT2D eigenvalue weighted by Crippen LogP contribution is -2.02. The zero-order valence-electron chi connectivity index (χ0n) is 22.7. The van der Waals surface area contributed by atoms with Gasteiger partial charge in [0.25, 0.3) is 11.4 Å². The number of ether oxygens (including phenoxy) is 1. The van der Waals surface area contributed by atoms with Crippen molar-refractivity contribution >= 4 is 11.4 Å². The quantitative estimate of drug-likeness (QED) is 0.154. The highest BCUT2D eigenvalue weighted by molar-refractivity contribution is 5.76. The van der Waals surface area contributed by atoms with Crippen molar-refractivity contribution in [2.24, 2.45) is 0 Å². The van der Waals surface area contributed by atoms with Crippen molar-refractivity contribution in [1.29, 1.82) is 0 Å². The van der Waals surface area contributed by atoms with Crippen LogP contribution in [0.1, 0.15) is 47.2 Å². The second kappa shape index (κ2) is 12.0. The topological polar surface area (TPSA) is 95.5 Å². The predicted molar refractivity (Wildman–Crippen MR) is 154 cm³/mol. The minimum atomic E-state index is -0.325. The number of hydrogen-bond acceptors (Lipinski definition) is 5. The zero-order chi connectivity index (χ0) is 28.1. The molecule has 0 bridgehead atoms. The van der Waals surface area contributed by atoms with Crippen LogP contribution in [0.15, 0.2) is 72.8 Å². The van der Waals surface area contributed by atoms with E-state index >= 15 is 0 Å². The van der Waals surface area contributed by atoms with Crippen LogP contribution in [0.4, 0.5) is 11.4 Å². The lowest BCUT2D eigenvalue weighted by molar-refractivity contribution is -0.385. The molecular weight excluding hydrogens is 492 g/mol. The van der Waals surface area contributed by atoms with Crippen LogP contribution < -0.4 is 0 Å². The van der Waals surface area contributed by atoms with Crippen molar-refractivity contribution in [3.05, 3.63) is 126 Å². The molecule has 0 unspecified atom stereocenters. The summed E-state index contributed by atoms with van der Waals surface area (Å²) in [7, 11) is 0. The summed E-state index contributed by atoms with van der Waals surface area (Å²) in [5, 5.41) is 23.4. The maximum atomic E-state index is 11.7. The molecule has 200 valence electrons. The lowest BCUT2D eigenvalue weighted by atomic mass is 9.92. The molecule has 0 N–H and O–H groups in total. The van der Waals surface area contributed by atoms with E-state index in [1.54, 1.807) is 26.0 Å². The third-order valence-corrected chi connectivity index (χ3v) is 7.22. The molecule has 4 aromatic rings. The van der Waals surface area contributed by atoms with Gasteiger partial charge in [-0.2, -0.15) is 0 Å². The molecule has 4 rings (SSSR count). The van der Waals surface area contributed by atoms with Gasteiger partial charge in [-0.1, -0.05) is 74.5 Å². The molecule has 0 spiro atoms. The Morgan fingerprint density at radius 2 is 1.00 bits per heavy atom. The molecule has 0 aromatic heterocycles. The third-order valence-electron chi connectivity index (χ3n) is 7.22. The molecule has 0 aliphatic heterocycles. The molecular formula is C32H32N2O5. The molecule has 0 amide bonds. The molecule has 0 radical (unpaired) electrons. The monoisotopic (exact) mass is 524 g/mol. The van der Waals surface area contributed by atoms with Crippen LogP contribution in [-0.2, 0) is 30.8 Å². The first-order chi connectivity index (χ1) is 18.7. The summed E-state index contributed by atoms with van der Waals surface area (Å²) >= 11 is 0. The van der Waals surface area contributed by atoms with Crippen molar-refractivity contribution < 1.29 is 14.6 Å². The normalized spacial score (nSPS) is 11.0. The van der Waals surface area contributed by atoms with Crippen molar-refractivity contribution in [2.45, 2.75) is 53.8 Å². The molecule has 0 heterocycles. The number of benzene rings is 4. The Kier molecular flexibility index (Phi) is 8.52. The second-order valence-corrected chi connectivity index (χ2v) is 9.60. The van der Waals surface area contributed by atoms with Gasteiger partial charge in [0.1, 0.15) is 0 Å². The fraction of sp³-hybridized carbons (Fsp3) is 0.250. The zero-order valence-corrected chi connectivity index (χ0v) is 22.7. The Morgan fingerprint density at radius 1 is 0.615 bits per heavy atom. The van der Waals surface area contributed by atoms with E-state index in [-0.39, 0.29) is 21.2 Å². The van der Waals surface area contributed by atoms with Crippen molar-refractivity contribution in [3.8, 4) is 22.3 Å². The van der Waals surface area contributed by atoms with Gasteiger partial charge in [-0.05, 0) is 71.2 Å². The predicted octanol–water partition coefficient (Wildman–Crippen LogP) is 8.30. The maximum Gasteiger partial charge on any atom is 0.273 e. The van der Waals surface area contributed by atoms with Gasteiger partial charge in [0.2, 0.25) is 0 Å². The van der Waals surface area contributed by atoms with Crippen LogP contribution >= 0.6 is 0 Å². The van der Waals surface area contributed by atoms with E-state index in [0.29, 0.717) is 37.2 Å². The first kappa shape index (κ1) is 27.7. The molecule has 4 aromatic carbocycles. The maximum absolute atomic E-state index is 11.7. The minimum absolute atomic E-state index is 0.118. The van der Waals surface area contributed by atoms with E-state index in [1.165, 1.54) is 0 Å². The fourth-order valence-electron chi connectivity index (χ4n) is 4.95. The van der Waals surface area contributed by atoms with E-state index in [9.17, 15) is 20.2 Å². The summed E-state index contributed by atoms with van der Waals surface area (Å²) in [6.45, 7) is 8.15. The molecule has 0 saturated carbocycles. The van der Waals surface area contributed by atoms with Gasteiger partial charge in [-0.25, -0.2) is 0 Å². The highest BCUT2D eigenvalue weighted by atomic mass is 16.6. The highest BCUT2D eigenvalue weighted by Gasteiger charge is 2.20. The minimum Gasteiger partial charge on any atom is -0.372 e. The van der Waals surface area contributed by atoms with E-state index in [1.807, 2.05) is 74.5 Å². The number of nitro benzene ring substituents is 2. The van der Waals surface area contributed by atoms with Crippen LogP contribution in [0.2, 0.25) is 0 Å². The summed E-state index contributed by atoms with van der Waals surface area (Å²) in [6.07, 6.45) is 1.39. The number of aryl methyl sites for hydroxylation is 2. The third kappa shape index (κ3) is 5.89. The summed E-state index contributed by atoms with van der Waals surface area (Å²) < 4.78 is 6.21. The van der Waals surface area contributed by atoms with Gasteiger partial charge in [0, 0.05) is 23.3 Å². The summed E-state index contributed by atoms with van der Waals surface area (Å²) in [4.78, 5) is 22.8. The van der Waals surface area contributed by atoms with Gasteiger partial charge in [-0.15, -0.1) is 0 Å². The molecule has 0 aliphatic rings. The highest BCUT2D eigenvalue weighted by Crippen LogP contribution is 2.36. The van der Waals surface area contributed by atoms with E-state index in [4.69, 9.17) is 4.74 Å². The number of hydrogen-bond donors (Lipinski definition) is 0. The largest absolute Gasteiger partial charge is 0.372 e. The molecule has 0 atom stereocenters. The van der Waals surface area contributed by atoms with E-state index in [0.717, 1.165) is 44.5 Å². The second-order valence-electron chi connectivity index (χ2n) is 9.60. The Balaban J connectivity index is 1.65. The number of nitrogens with zero attached hydrogens (tertiary/aromatic N) is 2. The number of nitro groups is 2. The Morgan fingerprint density at radius 3 is 1.36 bits per heavy atom. The fourth-order valence-corrected chi connectivity index (χ4v) is 4.95. The van der Waals surface area contributed by atoms with Gasteiger partial charge in [0.05, 0.1) is 23.1 Å². The summed E-state index contributed by atoms with van der Waals surface area (Å²) in [5.41, 5.74) is 8.65. The van der Waals surface area contributed by atoms with Crippen molar-refractivity contribution in [1.82, 2.24) is 0 Å². The van der Waals surface area contributed by atoms with Gasteiger partial charge in [-0.3, -0.25) is 20.2 Å². The standard InChI is InChI=1S/C32H32N2O5/c1-5-23-15-29(21(3)31(17-23)33(35)36)27-13-9-7-11-25(27)19-39-20-26-12-8-10-14-28(26)30-16-24(6-2)18-32(22(30)4)34(37)38/h7-18H,5-6,19-20H2,1-4H3. The average Bonchev–Trinajstić information content (AvgIpc) is 2.93. The number of rotatable bonds is 10. The first-order valence-corrected chi connectivity index (χ1v) is 13.0. The molecule has 0 aliphatic carbocycles. The lowest BCUT2D eigenvalue weighted by Gasteiger charge is -2.16. The van der Waals surface area contributed by atoms with E-state index < -0.39 is 0 Å². The van der Waals surface area contributed by atoms with Gasteiger partial charge < -0.3 is 4.74 Å². The molecule has 0 saturated heterocycles. The smallest absolute Gasteiger partial charge is 0.273 e. The van der Waals surface area contributed by atoms with E-state index in [2.05, 4.69) is 0 Å². The van der Waals surface area contributed by atoms with Crippen LogP contribution in [0.25, 0.3) is 22.3 Å². The Hall–Kier alpha value is -4.36. The Bertz CT molecular complexity index is 1430. The summed E-state index contributed by atoms with van der Waals surface area (Å²) in [5.74, 6) is 0. The Labute approximate surface area is 228 Å². The van der Waals surface area contributed by atoms with Crippen molar-refractivity contribution in [2.75, 3.05) is 0 Å². The molecule has 0 fully saturated rings. The van der Waals surface area contributed by atoms with Crippen LogP contribution in [-0.4, -0.2) is 9.85 Å². The molecule has 7 nitrogen and oxygen atoms in total. The van der Waals surface area contributed by atoms with Gasteiger partial charge >= 0.3 is 0 Å². The SMILES string of the molecule is CCc1cc(-c2ccccc2COCc2ccccc2-c2cc(CC)cc([N+](=O)[O-])c2C)c(C)c([N+](=O)[O-])c1. The van der Waals surface area contributed by atoms with Crippen LogP contribution in [0.5, 0.6) is 0 Å². The molecule has 7 heteroatoms.